The number of rotatable bonds is 2. The van der Waals surface area contributed by atoms with E-state index in [1.54, 1.807) is 23.6 Å². The molecule has 32 heavy (non-hydrogen) atoms. The Balaban J connectivity index is 1.81. The van der Waals surface area contributed by atoms with Gasteiger partial charge < -0.3 is 14.4 Å². The van der Waals surface area contributed by atoms with Crippen LogP contribution in [0.5, 0.6) is 0 Å². The highest BCUT2D eigenvalue weighted by atomic mass is 16.6. The van der Waals surface area contributed by atoms with Crippen LogP contribution in [0.1, 0.15) is 66.5 Å². The number of esters is 1. The molecule has 0 radical (unpaired) electrons. The molecule has 1 N–H and O–H groups in total. The van der Waals surface area contributed by atoms with Crippen molar-refractivity contribution in [2.45, 2.75) is 58.8 Å². The van der Waals surface area contributed by atoms with Crippen LogP contribution in [0.2, 0.25) is 0 Å². The van der Waals surface area contributed by atoms with Crippen molar-refractivity contribution in [3.8, 4) is 17.5 Å². The van der Waals surface area contributed by atoms with E-state index in [1.807, 2.05) is 6.92 Å². The van der Waals surface area contributed by atoms with Crippen molar-refractivity contribution < 1.29 is 14.6 Å². The Morgan fingerprint density at radius 1 is 1.31 bits per heavy atom. The monoisotopic (exact) mass is 429 g/mol. The summed E-state index contributed by atoms with van der Waals surface area (Å²) in [6, 6.07) is 7.81. The minimum absolute atomic E-state index is 0.0995. The molecule has 5 rings (SSSR count). The minimum Gasteiger partial charge on any atom is -0.458 e. The van der Waals surface area contributed by atoms with Gasteiger partial charge in [-0.3, -0.25) is 4.79 Å². The van der Waals surface area contributed by atoms with Gasteiger partial charge in [0.05, 0.1) is 40.6 Å². The summed E-state index contributed by atoms with van der Waals surface area (Å²) in [5.74, 6) is -0.538. The lowest BCUT2D eigenvalue weighted by molar-refractivity contribution is -0.172. The van der Waals surface area contributed by atoms with Gasteiger partial charge in [0.15, 0.2) is 5.60 Å². The molecule has 0 spiro atoms. The molecular formula is C25H23N3O4. The molecule has 7 nitrogen and oxygen atoms in total. The van der Waals surface area contributed by atoms with E-state index in [0.717, 1.165) is 22.1 Å². The Hall–Kier alpha value is -3.50. The number of aliphatic hydroxyl groups is 1. The number of carbonyl (C=O) groups excluding carboxylic acids is 1. The van der Waals surface area contributed by atoms with Crippen LogP contribution in [0, 0.1) is 18.3 Å². The molecule has 0 fully saturated rings. The average Bonchev–Trinajstić information content (AvgIpc) is 3.12. The van der Waals surface area contributed by atoms with Crippen LogP contribution in [0.25, 0.3) is 22.3 Å². The molecule has 2 aliphatic rings. The number of aromatic nitrogens is 2. The van der Waals surface area contributed by atoms with Gasteiger partial charge in [0.1, 0.15) is 6.61 Å². The number of pyridine rings is 2. The van der Waals surface area contributed by atoms with Gasteiger partial charge in [-0.25, -0.2) is 9.78 Å². The number of nitrogens with zero attached hydrogens (tertiary/aromatic N) is 3. The van der Waals surface area contributed by atoms with Crippen molar-refractivity contribution >= 4 is 16.9 Å². The van der Waals surface area contributed by atoms with E-state index in [4.69, 9.17) is 9.72 Å². The number of nitriles is 1. The summed E-state index contributed by atoms with van der Waals surface area (Å²) in [5, 5.41) is 21.6. The fourth-order valence-electron chi connectivity index (χ4n) is 5.11. The van der Waals surface area contributed by atoms with Crippen LogP contribution >= 0.6 is 0 Å². The quantitative estimate of drug-likeness (QED) is 0.490. The molecule has 0 saturated carbocycles. The first-order chi connectivity index (χ1) is 15.2. The number of cyclic esters (lactones) is 1. The SMILES string of the molecule is CC[C@@]1(O)C(=O)OCc2c1cc1n(c2=O)Cc2cc3c(C(C)C)c(C)c(C#N)cc3nc2-1. The number of fused-ring (bicyclic) bond motifs is 5. The van der Waals surface area contributed by atoms with Gasteiger partial charge in [-0.15, -0.1) is 0 Å². The zero-order chi connectivity index (χ0) is 22.9. The molecule has 7 heteroatoms. The number of hydrogen-bond donors (Lipinski definition) is 1. The Morgan fingerprint density at radius 2 is 2.06 bits per heavy atom. The maximum atomic E-state index is 13.3. The first kappa shape index (κ1) is 20.4. The summed E-state index contributed by atoms with van der Waals surface area (Å²) >= 11 is 0. The molecule has 2 aromatic heterocycles. The van der Waals surface area contributed by atoms with Crippen molar-refractivity contribution in [2.24, 2.45) is 0 Å². The molecule has 2 aliphatic heterocycles. The molecule has 0 bridgehead atoms. The summed E-state index contributed by atoms with van der Waals surface area (Å²) in [6.07, 6.45) is 0.0995. The van der Waals surface area contributed by atoms with Gasteiger partial charge in [0.2, 0.25) is 0 Å². The highest BCUT2D eigenvalue weighted by Crippen LogP contribution is 2.40. The Labute approximate surface area is 184 Å². The zero-order valence-corrected chi connectivity index (χ0v) is 18.4. The molecule has 0 amide bonds. The second-order valence-corrected chi connectivity index (χ2v) is 8.90. The van der Waals surface area contributed by atoms with E-state index >= 15 is 0 Å². The lowest BCUT2D eigenvalue weighted by Gasteiger charge is -2.31. The van der Waals surface area contributed by atoms with E-state index in [-0.39, 0.29) is 24.5 Å². The van der Waals surface area contributed by atoms with Crippen molar-refractivity contribution in [1.29, 1.82) is 5.26 Å². The van der Waals surface area contributed by atoms with Crippen molar-refractivity contribution in [2.75, 3.05) is 0 Å². The van der Waals surface area contributed by atoms with Crippen LogP contribution in [-0.2, 0) is 28.3 Å². The van der Waals surface area contributed by atoms with E-state index < -0.39 is 11.6 Å². The lowest BCUT2D eigenvalue weighted by Crippen LogP contribution is -2.44. The predicted molar refractivity (Wildman–Crippen MR) is 118 cm³/mol. The van der Waals surface area contributed by atoms with Crippen molar-refractivity contribution in [1.82, 2.24) is 9.55 Å². The largest absolute Gasteiger partial charge is 0.458 e. The molecule has 1 atom stereocenters. The molecule has 3 aromatic rings. The van der Waals surface area contributed by atoms with E-state index in [0.29, 0.717) is 40.1 Å². The first-order valence-corrected chi connectivity index (χ1v) is 10.8. The Bertz CT molecular complexity index is 1440. The zero-order valence-electron chi connectivity index (χ0n) is 18.4. The van der Waals surface area contributed by atoms with Gasteiger partial charge in [0, 0.05) is 16.5 Å². The van der Waals surface area contributed by atoms with E-state index in [2.05, 4.69) is 26.0 Å². The summed E-state index contributed by atoms with van der Waals surface area (Å²) in [5.41, 5.74) is 3.88. The standard InChI is InChI=1S/C25H23N3O4/c1-5-25(31)18-8-20-22-15(10-28(20)23(29)17(18)11-32-24(25)30)6-16-19(27-22)7-14(9-26)13(4)21(16)12(2)3/h6-8,12,31H,5,10-11H2,1-4H3/t25-/m0/s1. The fourth-order valence-corrected chi connectivity index (χ4v) is 5.11. The van der Waals surface area contributed by atoms with Crippen LogP contribution in [-0.4, -0.2) is 20.6 Å². The normalized spacial score (nSPS) is 18.8. The number of benzene rings is 1. The molecule has 162 valence electrons. The molecular weight excluding hydrogens is 406 g/mol. The van der Waals surface area contributed by atoms with Gasteiger partial charge in [-0.2, -0.15) is 5.26 Å². The third kappa shape index (κ3) is 2.53. The third-order valence-electron chi connectivity index (χ3n) is 6.82. The first-order valence-electron chi connectivity index (χ1n) is 10.8. The van der Waals surface area contributed by atoms with Gasteiger partial charge in [0.25, 0.3) is 5.56 Å². The lowest BCUT2D eigenvalue weighted by atomic mass is 9.86. The number of hydrogen-bond acceptors (Lipinski definition) is 6. The summed E-state index contributed by atoms with van der Waals surface area (Å²) in [4.78, 5) is 30.5. The maximum Gasteiger partial charge on any atom is 0.343 e. The van der Waals surface area contributed by atoms with E-state index in [9.17, 15) is 20.0 Å². The molecule has 0 saturated heterocycles. The average molecular weight is 429 g/mol. The second kappa shape index (κ2) is 6.75. The molecule has 0 aliphatic carbocycles. The Kier molecular flexibility index (Phi) is 4.30. The number of ether oxygens (including phenoxy) is 1. The smallest absolute Gasteiger partial charge is 0.343 e. The van der Waals surface area contributed by atoms with Crippen LogP contribution in [0.3, 0.4) is 0 Å². The van der Waals surface area contributed by atoms with Gasteiger partial charge >= 0.3 is 5.97 Å². The van der Waals surface area contributed by atoms with E-state index in [1.165, 1.54) is 0 Å². The second-order valence-electron chi connectivity index (χ2n) is 8.90. The molecule has 0 unspecified atom stereocenters. The van der Waals surface area contributed by atoms with Crippen LogP contribution in [0.15, 0.2) is 23.0 Å². The molecule has 1 aromatic carbocycles. The molecule has 4 heterocycles. The predicted octanol–water partition coefficient (Wildman–Crippen LogP) is 3.38. The van der Waals surface area contributed by atoms with Crippen molar-refractivity contribution in [3.63, 3.8) is 0 Å². The van der Waals surface area contributed by atoms with Gasteiger partial charge in [-0.05, 0) is 48.6 Å². The van der Waals surface area contributed by atoms with Crippen LogP contribution in [0.4, 0.5) is 0 Å². The highest BCUT2D eigenvalue weighted by Gasteiger charge is 2.45. The minimum atomic E-state index is -1.85. The summed E-state index contributed by atoms with van der Waals surface area (Å²) in [7, 11) is 0. The summed E-state index contributed by atoms with van der Waals surface area (Å²) in [6.45, 7) is 8.02. The fraction of sp³-hybridized carbons (Fsp3) is 0.360. The Morgan fingerprint density at radius 3 is 2.72 bits per heavy atom. The maximum absolute atomic E-state index is 13.3. The number of carbonyl (C=O) groups is 1. The van der Waals surface area contributed by atoms with Crippen LogP contribution < -0.4 is 5.56 Å². The topological polar surface area (TPSA) is 105 Å². The third-order valence-corrected chi connectivity index (χ3v) is 6.82. The highest BCUT2D eigenvalue weighted by molar-refractivity contribution is 5.90. The van der Waals surface area contributed by atoms with Crippen molar-refractivity contribution in [3.05, 3.63) is 61.9 Å². The van der Waals surface area contributed by atoms with Gasteiger partial charge in [-0.1, -0.05) is 20.8 Å². The summed E-state index contributed by atoms with van der Waals surface area (Å²) < 4.78 is 6.75.